The Morgan fingerprint density at radius 3 is 2.67 bits per heavy atom. The van der Waals surface area contributed by atoms with Gasteiger partial charge in [0.05, 0.1) is 6.61 Å². The van der Waals surface area contributed by atoms with Crippen LogP contribution in [0.25, 0.3) is 0 Å². The number of hydrogen-bond donors (Lipinski definition) is 1. The molecule has 1 N–H and O–H groups in total. The van der Waals surface area contributed by atoms with Crippen molar-refractivity contribution in [2.45, 2.75) is 32.6 Å². The molecule has 0 fully saturated rings. The number of benzene rings is 1. The van der Waals surface area contributed by atoms with Crippen LogP contribution >= 0.6 is 0 Å². The molecule has 0 unspecified atom stereocenters. The van der Waals surface area contributed by atoms with E-state index in [-0.39, 0.29) is 0 Å². The fraction of sp³-hybridized carbons (Fsp3) is 0.500. The topological polar surface area (TPSA) is 21.3 Å². The molecule has 0 amide bonds. The molecule has 0 aliphatic heterocycles. The minimum Gasteiger partial charge on any atom is -0.494 e. The van der Waals surface area contributed by atoms with Gasteiger partial charge in [0.25, 0.3) is 0 Å². The Balaban J connectivity index is 2.24. The van der Waals surface area contributed by atoms with Crippen LogP contribution in [0.1, 0.15) is 38.2 Å². The van der Waals surface area contributed by atoms with Crippen LogP contribution in [0, 0.1) is 0 Å². The summed E-state index contributed by atoms with van der Waals surface area (Å²) >= 11 is 0. The molecule has 18 heavy (non-hydrogen) atoms. The first-order valence-corrected chi connectivity index (χ1v) is 6.82. The van der Waals surface area contributed by atoms with Crippen molar-refractivity contribution >= 4 is 0 Å². The third kappa shape index (κ3) is 5.37. The van der Waals surface area contributed by atoms with Crippen LogP contribution in [-0.2, 0) is 0 Å². The van der Waals surface area contributed by atoms with Gasteiger partial charge in [-0.15, -0.1) is 6.58 Å². The third-order valence-corrected chi connectivity index (χ3v) is 3.12. The largest absolute Gasteiger partial charge is 0.494 e. The van der Waals surface area contributed by atoms with Gasteiger partial charge in [-0.3, -0.25) is 0 Å². The molecule has 1 aromatic carbocycles. The number of nitrogens with one attached hydrogen (secondary N) is 1. The van der Waals surface area contributed by atoms with Crippen LogP contribution in [0.3, 0.4) is 0 Å². The zero-order valence-corrected chi connectivity index (χ0v) is 11.6. The van der Waals surface area contributed by atoms with Crippen molar-refractivity contribution in [1.29, 1.82) is 0 Å². The number of ether oxygens (including phenoxy) is 1. The van der Waals surface area contributed by atoms with E-state index in [0.717, 1.165) is 31.9 Å². The molecule has 0 aliphatic rings. The second-order valence-corrected chi connectivity index (χ2v) is 4.57. The Morgan fingerprint density at radius 2 is 2.06 bits per heavy atom. The van der Waals surface area contributed by atoms with Gasteiger partial charge in [0.1, 0.15) is 5.75 Å². The summed E-state index contributed by atoms with van der Waals surface area (Å²) in [5.74, 6) is 1.59. The highest BCUT2D eigenvalue weighted by molar-refractivity contribution is 5.29. The van der Waals surface area contributed by atoms with E-state index < -0.39 is 0 Å². The fourth-order valence-electron chi connectivity index (χ4n) is 1.72. The van der Waals surface area contributed by atoms with Gasteiger partial charge in [0.2, 0.25) is 0 Å². The number of rotatable bonds is 9. The summed E-state index contributed by atoms with van der Waals surface area (Å²) in [6.45, 7) is 10.7. The molecule has 0 radical (unpaired) electrons. The maximum Gasteiger partial charge on any atom is 0.119 e. The summed E-state index contributed by atoms with van der Waals surface area (Å²) in [5.41, 5.74) is 1.39. The van der Waals surface area contributed by atoms with E-state index >= 15 is 0 Å². The van der Waals surface area contributed by atoms with Crippen molar-refractivity contribution in [1.82, 2.24) is 5.32 Å². The second kappa shape index (κ2) is 8.76. The molecule has 0 bridgehead atoms. The lowest BCUT2D eigenvalue weighted by Gasteiger charge is -2.10. The Hall–Kier alpha value is -1.28. The first-order valence-electron chi connectivity index (χ1n) is 6.82. The summed E-state index contributed by atoms with van der Waals surface area (Å²) in [7, 11) is 0. The molecule has 0 spiro atoms. The summed E-state index contributed by atoms with van der Waals surface area (Å²) in [6, 6.07) is 8.47. The lowest BCUT2D eigenvalue weighted by atomic mass is 9.99. The first-order chi connectivity index (χ1) is 8.77. The van der Waals surface area contributed by atoms with E-state index in [1.54, 1.807) is 0 Å². The van der Waals surface area contributed by atoms with Gasteiger partial charge in [-0.2, -0.15) is 0 Å². The van der Waals surface area contributed by atoms with Gasteiger partial charge in [-0.1, -0.05) is 32.1 Å². The van der Waals surface area contributed by atoms with Crippen molar-refractivity contribution in [3.05, 3.63) is 42.5 Å². The SMILES string of the molecule is C=CCNCCCOc1ccc([C@H](C)CC)cc1. The molecule has 0 saturated carbocycles. The van der Waals surface area contributed by atoms with Gasteiger partial charge >= 0.3 is 0 Å². The van der Waals surface area contributed by atoms with E-state index in [0.29, 0.717) is 5.92 Å². The molecule has 1 aromatic rings. The van der Waals surface area contributed by atoms with Crippen LogP contribution in [-0.4, -0.2) is 19.7 Å². The Bertz CT molecular complexity index is 331. The Kier molecular flexibility index (Phi) is 7.19. The summed E-state index contributed by atoms with van der Waals surface area (Å²) < 4.78 is 5.69. The zero-order chi connectivity index (χ0) is 13.2. The van der Waals surface area contributed by atoms with E-state index in [1.165, 1.54) is 12.0 Å². The molecular weight excluding hydrogens is 222 g/mol. The van der Waals surface area contributed by atoms with Crippen molar-refractivity contribution in [2.75, 3.05) is 19.7 Å². The zero-order valence-electron chi connectivity index (χ0n) is 11.6. The standard InChI is InChI=1S/C16H25NO/c1-4-11-17-12-6-13-18-16-9-7-15(8-10-16)14(3)5-2/h4,7-10,14,17H,1,5-6,11-13H2,2-3H3/t14-/m1/s1. The highest BCUT2D eigenvalue weighted by Crippen LogP contribution is 2.21. The van der Waals surface area contributed by atoms with E-state index in [4.69, 9.17) is 4.74 Å². The normalized spacial score (nSPS) is 12.1. The van der Waals surface area contributed by atoms with Gasteiger partial charge in [0.15, 0.2) is 0 Å². The highest BCUT2D eigenvalue weighted by atomic mass is 16.5. The van der Waals surface area contributed by atoms with Gasteiger partial charge in [0, 0.05) is 6.54 Å². The molecular formula is C16H25NO. The van der Waals surface area contributed by atoms with Crippen LogP contribution in [0.4, 0.5) is 0 Å². The van der Waals surface area contributed by atoms with Crippen LogP contribution in [0.2, 0.25) is 0 Å². The predicted molar refractivity (Wildman–Crippen MR) is 78.3 cm³/mol. The quantitative estimate of drug-likeness (QED) is 0.530. The van der Waals surface area contributed by atoms with Gasteiger partial charge in [-0.05, 0) is 43.0 Å². The first kappa shape index (κ1) is 14.8. The van der Waals surface area contributed by atoms with Crippen LogP contribution < -0.4 is 10.1 Å². The monoisotopic (exact) mass is 247 g/mol. The average molecular weight is 247 g/mol. The third-order valence-electron chi connectivity index (χ3n) is 3.12. The second-order valence-electron chi connectivity index (χ2n) is 4.57. The fourth-order valence-corrected chi connectivity index (χ4v) is 1.72. The molecule has 0 aliphatic carbocycles. The molecule has 0 heterocycles. The highest BCUT2D eigenvalue weighted by Gasteiger charge is 2.02. The van der Waals surface area contributed by atoms with Crippen LogP contribution in [0.15, 0.2) is 36.9 Å². The Morgan fingerprint density at radius 1 is 1.33 bits per heavy atom. The molecule has 2 heteroatoms. The van der Waals surface area contributed by atoms with Crippen LogP contribution in [0.5, 0.6) is 5.75 Å². The maximum absolute atomic E-state index is 5.69. The lowest BCUT2D eigenvalue weighted by Crippen LogP contribution is -2.17. The minimum absolute atomic E-state index is 0.627. The lowest BCUT2D eigenvalue weighted by molar-refractivity contribution is 0.309. The van der Waals surface area contributed by atoms with E-state index in [2.05, 4.69) is 50.0 Å². The minimum atomic E-state index is 0.627. The smallest absolute Gasteiger partial charge is 0.119 e. The van der Waals surface area contributed by atoms with Gasteiger partial charge in [-0.25, -0.2) is 0 Å². The number of hydrogen-bond acceptors (Lipinski definition) is 2. The average Bonchev–Trinajstić information content (AvgIpc) is 2.42. The molecule has 0 aromatic heterocycles. The Labute approximate surface area is 111 Å². The van der Waals surface area contributed by atoms with Crippen molar-refractivity contribution in [3.8, 4) is 5.75 Å². The summed E-state index contributed by atoms with van der Waals surface area (Å²) in [6.07, 6.45) is 4.06. The van der Waals surface area contributed by atoms with Crippen molar-refractivity contribution in [3.63, 3.8) is 0 Å². The van der Waals surface area contributed by atoms with E-state index in [1.807, 2.05) is 6.08 Å². The molecule has 2 nitrogen and oxygen atoms in total. The van der Waals surface area contributed by atoms with Crippen molar-refractivity contribution in [2.24, 2.45) is 0 Å². The molecule has 1 atom stereocenters. The summed E-state index contributed by atoms with van der Waals surface area (Å²) in [4.78, 5) is 0. The van der Waals surface area contributed by atoms with E-state index in [9.17, 15) is 0 Å². The van der Waals surface area contributed by atoms with Crippen molar-refractivity contribution < 1.29 is 4.74 Å². The molecule has 0 saturated heterocycles. The predicted octanol–water partition coefficient (Wildman–Crippen LogP) is 3.74. The molecule has 100 valence electrons. The summed E-state index contributed by atoms with van der Waals surface area (Å²) in [5, 5.41) is 3.25. The maximum atomic E-state index is 5.69. The van der Waals surface area contributed by atoms with Gasteiger partial charge < -0.3 is 10.1 Å². The molecule has 1 rings (SSSR count).